The molecule has 678 valence electrons. The van der Waals surface area contributed by atoms with Crippen molar-refractivity contribution in [3.05, 3.63) is 118 Å². The number of nitrogens with one attached hydrogen (secondary N) is 6. The number of aliphatic hydroxyl groups excluding tert-OH is 6. The van der Waals surface area contributed by atoms with Crippen LogP contribution in [0.3, 0.4) is 0 Å². The van der Waals surface area contributed by atoms with E-state index in [0.29, 0.717) is 25.8 Å². The third-order valence-corrected chi connectivity index (χ3v) is 23.6. The Morgan fingerprint density at radius 2 is 1.24 bits per heavy atom. The predicted octanol–water partition coefficient (Wildman–Crippen LogP) is 4.80. The number of carbonyl (C=O) groups excluding carboxylic acids is 8. The minimum atomic E-state index is -2.34. The zero-order valence-corrected chi connectivity index (χ0v) is 71.5. The predicted molar refractivity (Wildman–Crippen MR) is 445 cm³/mol. The van der Waals surface area contributed by atoms with Crippen LogP contribution in [0.1, 0.15) is 203 Å². The van der Waals surface area contributed by atoms with Gasteiger partial charge < -0.3 is 138 Å². The molecule has 124 heavy (non-hydrogen) atoms. The highest BCUT2D eigenvalue weighted by Gasteiger charge is 2.53. The Kier molecular flexibility index (Phi) is 31.6. The number of likely N-dealkylation sites (N-methyl/N-ethyl adjacent to an activating group) is 1. The van der Waals surface area contributed by atoms with Crippen molar-refractivity contribution in [3.8, 4) is 57.1 Å². The molecule has 3 saturated heterocycles. The lowest BCUT2D eigenvalue weighted by atomic mass is 9.86. The number of hydrogen-bond donors (Lipinski definition) is 18. The van der Waals surface area contributed by atoms with E-state index in [1.165, 1.54) is 70.2 Å². The molecule has 11 bridgehead atoms. The lowest BCUT2D eigenvalue weighted by Gasteiger charge is -2.47. The molecule has 37 heteroatoms. The van der Waals surface area contributed by atoms with Gasteiger partial charge in [0, 0.05) is 46.7 Å². The Labute approximate surface area is 722 Å². The van der Waals surface area contributed by atoms with E-state index < -0.39 is 239 Å². The van der Waals surface area contributed by atoms with Gasteiger partial charge in [-0.1, -0.05) is 115 Å². The summed E-state index contributed by atoms with van der Waals surface area (Å²) in [6.45, 7) is 13.3. The lowest BCUT2D eigenvalue weighted by Crippen LogP contribution is -2.64. The van der Waals surface area contributed by atoms with Crippen LogP contribution in [0.5, 0.6) is 46.0 Å². The molecule has 36 nitrogen and oxygen atoms in total. The summed E-state index contributed by atoms with van der Waals surface area (Å²) in [5.74, 6) is -14.1. The van der Waals surface area contributed by atoms with Gasteiger partial charge >= 0.3 is 5.97 Å². The average molecular weight is 1750 g/mol. The number of phenolic OH excluding ortho intramolecular Hbond substituents is 3. The van der Waals surface area contributed by atoms with Crippen LogP contribution < -0.4 is 63.3 Å². The zero-order valence-electron chi connectivity index (χ0n) is 70.8. The number of rotatable bonds is 27. The molecule has 5 aromatic rings. The number of aromatic hydroxyl groups is 3. The maximum atomic E-state index is 16.7. The van der Waals surface area contributed by atoms with Crippen LogP contribution in [-0.4, -0.2) is 228 Å². The minimum Gasteiger partial charge on any atom is -0.508 e. The number of primary amides is 1. The molecule has 22 atom stereocenters. The number of ether oxygens (including phenoxy) is 9. The Morgan fingerprint density at radius 1 is 0.645 bits per heavy atom. The number of aliphatic hydroxyl groups is 6. The average Bonchev–Trinajstić information content (AvgIpc) is 0.761. The first-order valence-electron chi connectivity index (χ1n) is 42.1. The van der Waals surface area contributed by atoms with E-state index in [0.717, 1.165) is 87.4 Å². The van der Waals surface area contributed by atoms with Crippen molar-refractivity contribution in [2.24, 2.45) is 23.1 Å². The second-order valence-electron chi connectivity index (χ2n) is 33.9. The molecule has 0 aliphatic carbocycles. The van der Waals surface area contributed by atoms with E-state index in [2.05, 4.69) is 38.8 Å². The number of carbonyl (C=O) groups is 8. The number of hydrogen-bond acceptors (Lipinski definition) is 29. The number of nitrogens with zero attached hydrogens (tertiary/aromatic N) is 1. The van der Waals surface area contributed by atoms with Crippen LogP contribution in [0.15, 0.2) is 84.9 Å². The molecular weight excluding hydrogens is 1640 g/mol. The van der Waals surface area contributed by atoms with Crippen molar-refractivity contribution in [1.82, 2.24) is 36.8 Å². The molecule has 3 fully saturated rings. The van der Waals surface area contributed by atoms with E-state index in [4.69, 9.17) is 71.4 Å². The summed E-state index contributed by atoms with van der Waals surface area (Å²) in [6, 6.07) is 2.81. The number of nitrogens with two attached hydrogens (primary N) is 3. The normalized spacial score (nSPS) is 30.0. The monoisotopic (exact) mass is 1750 g/mol. The van der Waals surface area contributed by atoms with Gasteiger partial charge in [0.2, 0.25) is 53.4 Å². The number of halogens is 1. The highest BCUT2D eigenvalue weighted by atomic mass is 35.5. The SMILES string of the molecule is CCCCCCCOC(=O)C1NC(=O)C2NC(=O)C(NC(=O)C3NC(=O)C(CC(N)=O)NC(=O)C(NC(=O)C(CC(C)C)N(C)CCCCCCC)C(O)c4ccc(c(Cl)c4)Oc4cc3cc(c4O[C@@H]3O[C@H](CO)[C@@H](O)[C@H](O)[C@H]3O[C@H]3C[C@](C)(N)[C@@H](O)[C@H](C)O3)Oc3ccc(cc3)C2O[C@H]2C[C@](C)(N)[C@@H](O)[C@H](C)O2)c2ccc(O)c(c2)-c2c(O)cc(O)cc21. The van der Waals surface area contributed by atoms with Gasteiger partial charge in [-0.3, -0.25) is 38.5 Å². The number of unbranched alkanes of at least 4 members (excludes halogenated alkanes) is 8. The molecule has 8 aliphatic rings. The molecule has 13 rings (SSSR count). The Bertz CT molecular complexity index is 4640. The molecule has 5 aromatic carbocycles. The fraction of sp³-hybridized carbons (Fsp3) is 0.563. The summed E-state index contributed by atoms with van der Waals surface area (Å²) < 4.78 is 58.4. The van der Waals surface area contributed by atoms with Crippen molar-refractivity contribution >= 4 is 58.9 Å². The highest BCUT2D eigenvalue weighted by Crippen LogP contribution is 2.50. The van der Waals surface area contributed by atoms with Crippen molar-refractivity contribution < 1.29 is 127 Å². The fourth-order valence-electron chi connectivity index (χ4n) is 16.4. The summed E-state index contributed by atoms with van der Waals surface area (Å²) >= 11 is 7.28. The number of esters is 1. The van der Waals surface area contributed by atoms with Crippen LogP contribution in [0.4, 0.5) is 0 Å². The van der Waals surface area contributed by atoms with Crippen molar-refractivity contribution in [1.29, 1.82) is 0 Å². The van der Waals surface area contributed by atoms with E-state index >= 15 is 33.6 Å². The van der Waals surface area contributed by atoms with Crippen molar-refractivity contribution in [3.63, 3.8) is 0 Å². The van der Waals surface area contributed by atoms with Crippen LogP contribution >= 0.6 is 11.6 Å². The van der Waals surface area contributed by atoms with Gasteiger partial charge in [0.25, 0.3) is 0 Å². The lowest BCUT2D eigenvalue weighted by molar-refractivity contribution is -0.333. The molecule has 0 saturated carbocycles. The van der Waals surface area contributed by atoms with Gasteiger partial charge in [0.05, 0.1) is 55.1 Å². The van der Waals surface area contributed by atoms with E-state index in [9.17, 15) is 50.8 Å². The highest BCUT2D eigenvalue weighted by molar-refractivity contribution is 6.32. The van der Waals surface area contributed by atoms with Crippen LogP contribution in [0.2, 0.25) is 5.02 Å². The van der Waals surface area contributed by atoms with Gasteiger partial charge in [0.1, 0.15) is 89.5 Å². The smallest absolute Gasteiger partial charge is 0.333 e. The second kappa shape index (κ2) is 41.2. The van der Waals surface area contributed by atoms with Crippen molar-refractivity contribution in [2.45, 2.75) is 279 Å². The molecular formula is C87H117ClN10O26. The maximum absolute atomic E-state index is 16.7. The topological polar surface area (TPSA) is 555 Å². The summed E-state index contributed by atoms with van der Waals surface area (Å²) in [6.07, 6.45) is -14.1. The van der Waals surface area contributed by atoms with Gasteiger partial charge in [-0.15, -0.1) is 0 Å². The van der Waals surface area contributed by atoms with E-state index in [-0.39, 0.29) is 76.1 Å². The quantitative estimate of drug-likeness (QED) is 0.0248. The first-order valence-corrected chi connectivity index (χ1v) is 42.5. The number of amides is 7. The maximum Gasteiger partial charge on any atom is 0.333 e. The number of phenols is 3. The van der Waals surface area contributed by atoms with E-state index in [1.807, 2.05) is 25.7 Å². The van der Waals surface area contributed by atoms with Gasteiger partial charge in [-0.05, 0) is 143 Å². The standard InChI is InChI=1S/C87H117ClN10O26/c1-10-12-14-16-18-28-98(9)54(30-41(3)4)79(110)96-68-70(104)46-23-27-57(52(88)32-46)120-59-34-47-33-58(74(59)124-85-75(72(106)71(105)60(40-99)121-85)123-63-39-87(8,91)77(108)43(6)118-63)119-49-24-20-44(21-25-49)73(122-62-38-86(7,90)76(107)42(5)117-62)69-83(114)95-67(84(115)116-29-19-17-15-13-11-2)51-35-48(100)36-56(102)64(51)50-31-45(22-26-55(50)101)65(80(111)97-69)94-81(112)66(47)93-78(109)53(37-61(89)103)92-82(68)113/h20-27,31-36,41-43,53-54,60,62-63,65-73,75-77,85,99-102,104-108H,10-19,28-30,37-40,90-91H2,1-9H3,(H2,89,103)(H,92,113)(H,93,109)(H,94,112)(H,95,114)(H,96,110)(H,97,111)/t42-,43-,53?,54?,60+,62-,63-,65?,66?,67?,68?,69?,70?,71+,72-,73?,75+,76-,77-,85-,86-,87-/m0/s1. The summed E-state index contributed by atoms with van der Waals surface area (Å²) in [5, 5.41) is 121. The molecule has 9 unspecified atom stereocenters. The van der Waals surface area contributed by atoms with Crippen LogP contribution in [0.25, 0.3) is 11.1 Å². The third-order valence-electron chi connectivity index (χ3n) is 23.3. The van der Waals surface area contributed by atoms with E-state index in [1.54, 1.807) is 7.05 Å². The molecule has 8 heterocycles. The van der Waals surface area contributed by atoms with Gasteiger partial charge in [-0.25, -0.2) is 4.79 Å². The Hall–Kier alpha value is -9.61. The van der Waals surface area contributed by atoms with Gasteiger partial charge in [-0.2, -0.15) is 0 Å². The number of benzene rings is 5. The third kappa shape index (κ3) is 22.4. The summed E-state index contributed by atoms with van der Waals surface area (Å²) in [5.41, 5.74) is 14.4. The molecule has 21 N–H and O–H groups in total. The molecule has 0 radical (unpaired) electrons. The summed E-state index contributed by atoms with van der Waals surface area (Å²) in [4.78, 5) is 126. The Balaban J connectivity index is 1.16. The largest absolute Gasteiger partial charge is 0.508 e. The first kappa shape index (κ1) is 95.1. The molecule has 0 spiro atoms. The fourth-order valence-corrected chi connectivity index (χ4v) is 16.6. The molecule has 7 amide bonds. The minimum absolute atomic E-state index is 0.00661. The molecule has 8 aliphatic heterocycles. The van der Waals surface area contributed by atoms with Crippen molar-refractivity contribution in [2.75, 3.05) is 26.8 Å². The van der Waals surface area contributed by atoms with Crippen LogP contribution in [-0.2, 0) is 66.8 Å². The van der Waals surface area contributed by atoms with Gasteiger partial charge in [0.15, 0.2) is 36.2 Å². The zero-order chi connectivity index (χ0) is 90.1. The summed E-state index contributed by atoms with van der Waals surface area (Å²) in [7, 11) is 1.75. The van der Waals surface area contributed by atoms with Crippen LogP contribution in [0, 0.1) is 5.92 Å². The molecule has 0 aromatic heterocycles. The Morgan fingerprint density at radius 3 is 1.86 bits per heavy atom. The second-order valence-corrected chi connectivity index (χ2v) is 34.4. The number of fused-ring (bicyclic) bond motifs is 15. The first-order chi connectivity index (χ1) is 58.8.